The molecule has 0 aliphatic heterocycles. The van der Waals surface area contributed by atoms with E-state index in [-0.39, 0.29) is 28.6 Å². The molecule has 0 aliphatic carbocycles. The zero-order valence-electron chi connectivity index (χ0n) is 11.6. The Morgan fingerprint density at radius 3 is 2.38 bits per heavy atom. The quantitative estimate of drug-likeness (QED) is 0.847. The van der Waals surface area contributed by atoms with Crippen LogP contribution in [0.1, 0.15) is 17.0 Å². The molecule has 1 N–H and O–H groups in total. The van der Waals surface area contributed by atoms with E-state index in [0.717, 1.165) is 16.8 Å². The van der Waals surface area contributed by atoms with E-state index in [1.165, 1.54) is 0 Å². The van der Waals surface area contributed by atoms with Gasteiger partial charge in [-0.15, -0.1) is 11.6 Å². The number of benzene rings is 1. The van der Waals surface area contributed by atoms with Crippen LogP contribution in [-0.4, -0.2) is 21.8 Å². The van der Waals surface area contributed by atoms with Crippen molar-refractivity contribution in [1.29, 1.82) is 0 Å². The van der Waals surface area contributed by atoms with E-state index >= 15 is 0 Å². The molecule has 0 aliphatic rings. The molecule has 0 bridgehead atoms. The Balaban J connectivity index is 2.42. The minimum Gasteiger partial charge on any atom is -0.330 e. The number of amides is 1. The van der Waals surface area contributed by atoms with Crippen LogP contribution in [-0.2, 0) is 11.3 Å². The maximum atomic E-state index is 12.2. The summed E-state index contributed by atoms with van der Waals surface area (Å²) in [6, 6.07) is 5.83. The largest absolute Gasteiger partial charge is 0.330 e. The number of H-pyrrole nitrogens is 1. The molecule has 2 rings (SSSR count). The molecule has 4 nitrogen and oxygen atoms in total. The van der Waals surface area contributed by atoms with Crippen LogP contribution in [0, 0.1) is 13.8 Å². The Bertz CT molecular complexity index is 630. The molecule has 0 radical (unpaired) electrons. The summed E-state index contributed by atoms with van der Waals surface area (Å²) in [5.41, 5.74) is 2.79. The van der Waals surface area contributed by atoms with E-state index < -0.39 is 0 Å². The number of anilines is 1. The van der Waals surface area contributed by atoms with Gasteiger partial charge >= 0.3 is 0 Å². The predicted octanol–water partition coefficient (Wildman–Crippen LogP) is 4.11. The number of alkyl halides is 1. The average Bonchev–Trinajstić information content (AvgIpc) is 2.75. The van der Waals surface area contributed by atoms with E-state index in [1.807, 2.05) is 32.0 Å². The number of rotatable bonds is 4. The maximum absolute atomic E-state index is 12.2. The topological polar surface area (TPSA) is 49.0 Å². The van der Waals surface area contributed by atoms with Gasteiger partial charge in [-0.2, -0.15) is 0 Å². The molecule has 0 saturated carbocycles. The number of carbonyl (C=O) groups is 1. The molecule has 1 aromatic heterocycles. The second-order valence-corrected chi connectivity index (χ2v) is 5.65. The normalized spacial score (nSPS) is 10.7. The SMILES string of the molecule is Cc1cccc(C)c1N(Cc1nc(Cl)c(Cl)[nH]1)C(=O)CCl. The van der Waals surface area contributed by atoms with Gasteiger partial charge < -0.3 is 9.88 Å². The second kappa shape index (κ2) is 6.69. The zero-order valence-corrected chi connectivity index (χ0v) is 13.9. The summed E-state index contributed by atoms with van der Waals surface area (Å²) in [4.78, 5) is 20.7. The highest BCUT2D eigenvalue weighted by molar-refractivity contribution is 6.40. The minimum atomic E-state index is -0.210. The third-order valence-corrected chi connectivity index (χ3v) is 3.97. The third-order valence-electron chi connectivity index (χ3n) is 3.10. The van der Waals surface area contributed by atoms with E-state index in [2.05, 4.69) is 9.97 Å². The number of nitrogens with one attached hydrogen (secondary N) is 1. The highest BCUT2D eigenvalue weighted by atomic mass is 35.5. The summed E-state index contributed by atoms with van der Waals surface area (Å²) in [7, 11) is 0. The highest BCUT2D eigenvalue weighted by Crippen LogP contribution is 2.27. The molecule has 2 aromatic rings. The van der Waals surface area contributed by atoms with Crippen molar-refractivity contribution in [1.82, 2.24) is 9.97 Å². The van der Waals surface area contributed by atoms with Crippen LogP contribution in [0.3, 0.4) is 0 Å². The van der Waals surface area contributed by atoms with Gasteiger partial charge in [0.15, 0.2) is 5.15 Å². The number of carbonyl (C=O) groups excluding carboxylic acids is 1. The number of hydrogen-bond acceptors (Lipinski definition) is 2. The van der Waals surface area contributed by atoms with Gasteiger partial charge in [0, 0.05) is 5.69 Å². The number of imidazole rings is 1. The standard InChI is InChI=1S/C14H14Cl3N3O/c1-8-4-3-5-9(2)12(8)20(11(21)6-15)7-10-18-13(16)14(17)19-10/h3-5H,6-7H2,1-2H3,(H,18,19). The van der Waals surface area contributed by atoms with Crippen LogP contribution >= 0.6 is 34.8 Å². The van der Waals surface area contributed by atoms with Crippen LogP contribution in [0.25, 0.3) is 0 Å². The Morgan fingerprint density at radius 1 is 1.29 bits per heavy atom. The van der Waals surface area contributed by atoms with Crippen LogP contribution in [0.5, 0.6) is 0 Å². The molecule has 0 fully saturated rings. The number of aromatic amines is 1. The summed E-state index contributed by atoms with van der Waals surface area (Å²) in [6.45, 7) is 4.11. The van der Waals surface area contributed by atoms with Gasteiger partial charge in [-0.3, -0.25) is 4.79 Å². The van der Waals surface area contributed by atoms with Crippen molar-refractivity contribution in [3.05, 3.63) is 45.5 Å². The monoisotopic (exact) mass is 345 g/mol. The molecule has 0 spiro atoms. The van der Waals surface area contributed by atoms with Crippen molar-refractivity contribution in [2.75, 3.05) is 10.8 Å². The molecule has 112 valence electrons. The molecule has 7 heteroatoms. The lowest BCUT2D eigenvalue weighted by Crippen LogP contribution is -2.33. The molecular formula is C14H14Cl3N3O. The number of nitrogens with zero attached hydrogens (tertiary/aromatic N) is 2. The Kier molecular flexibility index (Phi) is 5.14. The fourth-order valence-electron chi connectivity index (χ4n) is 2.19. The third kappa shape index (κ3) is 3.51. The molecule has 21 heavy (non-hydrogen) atoms. The molecule has 1 aromatic carbocycles. The molecular weight excluding hydrogens is 333 g/mol. The van der Waals surface area contributed by atoms with Crippen molar-refractivity contribution < 1.29 is 4.79 Å². The first-order valence-corrected chi connectivity index (χ1v) is 7.55. The number of para-hydroxylation sites is 1. The second-order valence-electron chi connectivity index (χ2n) is 4.64. The lowest BCUT2D eigenvalue weighted by Gasteiger charge is -2.24. The Hall–Kier alpha value is -1.23. The summed E-state index contributed by atoms with van der Waals surface area (Å²) < 4.78 is 0. The fraction of sp³-hybridized carbons (Fsp3) is 0.286. The number of aryl methyl sites for hydroxylation is 2. The average molecular weight is 347 g/mol. The lowest BCUT2D eigenvalue weighted by molar-refractivity contribution is -0.116. The Morgan fingerprint density at radius 2 is 1.90 bits per heavy atom. The van der Waals surface area contributed by atoms with Gasteiger partial charge in [0.25, 0.3) is 0 Å². The lowest BCUT2D eigenvalue weighted by atomic mass is 10.1. The number of halogens is 3. The van der Waals surface area contributed by atoms with E-state index in [1.54, 1.807) is 4.90 Å². The van der Waals surface area contributed by atoms with Gasteiger partial charge in [0.2, 0.25) is 5.91 Å². The van der Waals surface area contributed by atoms with Crippen molar-refractivity contribution in [3.63, 3.8) is 0 Å². The highest BCUT2D eigenvalue weighted by Gasteiger charge is 2.21. The van der Waals surface area contributed by atoms with Crippen LogP contribution < -0.4 is 4.90 Å². The molecule has 0 saturated heterocycles. The van der Waals surface area contributed by atoms with Crippen molar-refractivity contribution >= 4 is 46.4 Å². The summed E-state index contributed by atoms with van der Waals surface area (Å²) in [5.74, 6) is 0.180. The maximum Gasteiger partial charge on any atom is 0.242 e. The number of hydrogen-bond donors (Lipinski definition) is 1. The van der Waals surface area contributed by atoms with E-state index in [0.29, 0.717) is 5.82 Å². The van der Waals surface area contributed by atoms with Gasteiger partial charge in [-0.1, -0.05) is 41.4 Å². The smallest absolute Gasteiger partial charge is 0.242 e. The van der Waals surface area contributed by atoms with E-state index in [9.17, 15) is 4.79 Å². The van der Waals surface area contributed by atoms with Crippen molar-refractivity contribution in [2.45, 2.75) is 20.4 Å². The Labute approximate surface area is 138 Å². The summed E-state index contributed by atoms with van der Waals surface area (Å²) in [6.07, 6.45) is 0. The van der Waals surface area contributed by atoms with Gasteiger partial charge in [-0.05, 0) is 25.0 Å². The summed E-state index contributed by atoms with van der Waals surface area (Å²) in [5, 5.41) is 0.442. The van der Waals surface area contributed by atoms with E-state index in [4.69, 9.17) is 34.8 Å². The fourth-order valence-corrected chi connectivity index (χ4v) is 2.64. The zero-order chi connectivity index (χ0) is 15.6. The van der Waals surface area contributed by atoms with Crippen LogP contribution in [0.2, 0.25) is 10.3 Å². The summed E-state index contributed by atoms with van der Waals surface area (Å²) >= 11 is 17.4. The van der Waals surface area contributed by atoms with Gasteiger partial charge in [0.05, 0.1) is 6.54 Å². The number of aromatic nitrogens is 2. The predicted molar refractivity (Wildman–Crippen MR) is 86.4 cm³/mol. The molecule has 0 unspecified atom stereocenters. The van der Waals surface area contributed by atoms with Crippen molar-refractivity contribution in [2.24, 2.45) is 0 Å². The molecule has 1 heterocycles. The first kappa shape index (κ1) is 16.1. The first-order chi connectivity index (χ1) is 9.93. The molecule has 0 atom stereocenters. The van der Waals surface area contributed by atoms with Gasteiger partial charge in [0.1, 0.15) is 16.9 Å². The van der Waals surface area contributed by atoms with Crippen LogP contribution in [0.4, 0.5) is 5.69 Å². The first-order valence-electron chi connectivity index (χ1n) is 6.26. The molecule has 1 amide bonds. The minimum absolute atomic E-state index is 0.115. The van der Waals surface area contributed by atoms with Crippen LogP contribution in [0.15, 0.2) is 18.2 Å². The van der Waals surface area contributed by atoms with Gasteiger partial charge in [-0.25, -0.2) is 4.98 Å². The van der Waals surface area contributed by atoms with Crippen molar-refractivity contribution in [3.8, 4) is 0 Å².